The minimum Gasteiger partial charge on any atom is -0.508 e. The summed E-state index contributed by atoms with van der Waals surface area (Å²) in [4.78, 5) is 0. The number of aryl methyl sites for hydroxylation is 1. The van der Waals surface area contributed by atoms with Crippen LogP contribution < -0.4 is 9.47 Å². The minimum atomic E-state index is 0.0174. The topological polar surface area (TPSA) is 38.7 Å². The molecule has 2 rings (SSSR count). The van der Waals surface area contributed by atoms with Gasteiger partial charge in [0.05, 0.1) is 23.3 Å². The zero-order valence-electron chi connectivity index (χ0n) is 10.9. The zero-order valence-corrected chi connectivity index (χ0v) is 13.2. The second kappa shape index (κ2) is 7.07. The van der Waals surface area contributed by atoms with Crippen molar-refractivity contribution in [3.05, 3.63) is 39.2 Å². The molecule has 0 bridgehead atoms. The Morgan fingerprint density at radius 3 is 2.35 bits per heavy atom. The van der Waals surface area contributed by atoms with Crippen molar-refractivity contribution < 1.29 is 14.6 Å². The Bertz CT molecular complexity index is 561. The molecular formula is C14H14Cl2O3S. The Hall–Kier alpha value is -1.10. The maximum atomic E-state index is 9.31. The quantitative estimate of drug-likeness (QED) is 0.763. The summed E-state index contributed by atoms with van der Waals surface area (Å²) < 4.78 is 11.1. The van der Waals surface area contributed by atoms with Crippen molar-refractivity contribution >= 4 is 34.5 Å². The average molecular weight is 333 g/mol. The first-order valence-corrected chi connectivity index (χ1v) is 7.68. The second-order valence-corrected chi connectivity index (χ2v) is 5.92. The molecule has 0 aliphatic carbocycles. The van der Waals surface area contributed by atoms with E-state index in [1.807, 2.05) is 18.4 Å². The van der Waals surface area contributed by atoms with Gasteiger partial charge in [0.1, 0.15) is 5.75 Å². The summed E-state index contributed by atoms with van der Waals surface area (Å²) >= 11 is 13.5. The summed E-state index contributed by atoms with van der Waals surface area (Å²) in [5.41, 5.74) is 1.20. The molecule has 0 unspecified atom stereocenters. The van der Waals surface area contributed by atoms with E-state index in [0.717, 1.165) is 5.06 Å². The number of halogens is 2. The average Bonchev–Trinajstić information content (AvgIpc) is 2.77. The van der Waals surface area contributed by atoms with Crippen LogP contribution in [0.4, 0.5) is 0 Å². The van der Waals surface area contributed by atoms with Crippen LogP contribution in [0.3, 0.4) is 0 Å². The number of phenols is 1. The van der Waals surface area contributed by atoms with Crippen LogP contribution in [0, 0.1) is 6.92 Å². The SMILES string of the molecule is Cc1csc(OCCCOc2c(Cl)cc(O)cc2Cl)c1. The highest BCUT2D eigenvalue weighted by Gasteiger charge is 2.09. The van der Waals surface area contributed by atoms with Crippen LogP contribution in [-0.2, 0) is 0 Å². The smallest absolute Gasteiger partial charge is 0.173 e. The fraction of sp³-hybridized carbons (Fsp3) is 0.286. The van der Waals surface area contributed by atoms with E-state index in [2.05, 4.69) is 0 Å². The van der Waals surface area contributed by atoms with E-state index in [1.165, 1.54) is 17.7 Å². The number of hydrogen-bond acceptors (Lipinski definition) is 4. The molecule has 20 heavy (non-hydrogen) atoms. The van der Waals surface area contributed by atoms with Gasteiger partial charge in [0.25, 0.3) is 0 Å². The van der Waals surface area contributed by atoms with E-state index in [-0.39, 0.29) is 5.75 Å². The number of phenolic OH excluding ortho intramolecular Hbond substituents is 1. The van der Waals surface area contributed by atoms with Gasteiger partial charge >= 0.3 is 0 Å². The van der Waals surface area contributed by atoms with Gasteiger partial charge in [-0.1, -0.05) is 23.2 Å². The molecule has 1 aromatic heterocycles. The molecule has 0 aliphatic rings. The van der Waals surface area contributed by atoms with Gasteiger partial charge in [-0.25, -0.2) is 0 Å². The Labute approximate surface area is 131 Å². The monoisotopic (exact) mass is 332 g/mol. The minimum absolute atomic E-state index is 0.0174. The molecule has 0 saturated heterocycles. The maximum absolute atomic E-state index is 9.31. The van der Waals surface area contributed by atoms with E-state index in [0.29, 0.717) is 35.4 Å². The molecule has 0 saturated carbocycles. The van der Waals surface area contributed by atoms with Gasteiger partial charge in [0.2, 0.25) is 0 Å². The number of aromatic hydroxyl groups is 1. The molecule has 0 amide bonds. The zero-order chi connectivity index (χ0) is 14.5. The normalized spacial score (nSPS) is 10.6. The standard InChI is InChI=1S/C14H14Cl2O3S/c1-9-5-13(20-8-9)18-3-2-4-19-14-11(15)6-10(17)7-12(14)16/h5-8,17H,2-4H2,1H3. The van der Waals surface area contributed by atoms with E-state index in [4.69, 9.17) is 32.7 Å². The molecule has 0 fully saturated rings. The number of benzene rings is 1. The third-order valence-electron chi connectivity index (χ3n) is 2.47. The predicted octanol–water partition coefficient (Wildman–Crippen LogP) is 4.92. The highest BCUT2D eigenvalue weighted by Crippen LogP contribution is 2.36. The van der Waals surface area contributed by atoms with Crippen molar-refractivity contribution in [1.29, 1.82) is 0 Å². The largest absolute Gasteiger partial charge is 0.508 e. The Balaban J connectivity index is 1.76. The van der Waals surface area contributed by atoms with Gasteiger partial charge in [-0.3, -0.25) is 0 Å². The highest BCUT2D eigenvalue weighted by molar-refractivity contribution is 7.12. The van der Waals surface area contributed by atoms with Crippen molar-refractivity contribution in [2.75, 3.05) is 13.2 Å². The van der Waals surface area contributed by atoms with Crippen LogP contribution >= 0.6 is 34.5 Å². The van der Waals surface area contributed by atoms with Gasteiger partial charge in [-0.15, -0.1) is 11.3 Å². The van der Waals surface area contributed by atoms with E-state index < -0.39 is 0 Å². The Morgan fingerprint density at radius 1 is 1.10 bits per heavy atom. The summed E-state index contributed by atoms with van der Waals surface area (Å²) in [6, 6.07) is 4.79. The highest BCUT2D eigenvalue weighted by atomic mass is 35.5. The first kappa shape index (κ1) is 15.3. The fourth-order valence-electron chi connectivity index (χ4n) is 1.57. The first-order chi connectivity index (χ1) is 9.56. The Morgan fingerprint density at radius 2 is 1.75 bits per heavy atom. The summed E-state index contributed by atoms with van der Waals surface area (Å²) in [7, 11) is 0. The van der Waals surface area contributed by atoms with E-state index >= 15 is 0 Å². The van der Waals surface area contributed by atoms with Crippen LogP contribution in [0.25, 0.3) is 0 Å². The third-order valence-corrected chi connectivity index (χ3v) is 3.99. The van der Waals surface area contributed by atoms with Crippen LogP contribution in [0.1, 0.15) is 12.0 Å². The molecule has 108 valence electrons. The molecule has 0 spiro atoms. The second-order valence-electron chi connectivity index (χ2n) is 4.23. The van der Waals surface area contributed by atoms with Gasteiger partial charge < -0.3 is 14.6 Å². The van der Waals surface area contributed by atoms with Crippen LogP contribution in [-0.4, -0.2) is 18.3 Å². The molecule has 2 aromatic rings. The van der Waals surface area contributed by atoms with Gasteiger partial charge in [-0.2, -0.15) is 0 Å². The molecule has 1 N–H and O–H groups in total. The van der Waals surface area contributed by atoms with E-state index in [1.54, 1.807) is 11.3 Å². The molecule has 0 atom stereocenters. The maximum Gasteiger partial charge on any atom is 0.173 e. The summed E-state index contributed by atoms with van der Waals surface area (Å²) in [6.45, 7) is 3.03. The Kier molecular flexibility index (Phi) is 5.40. The molecule has 0 aliphatic heterocycles. The lowest BCUT2D eigenvalue weighted by atomic mass is 10.3. The molecular weight excluding hydrogens is 319 g/mol. The molecule has 6 heteroatoms. The van der Waals surface area contributed by atoms with Crippen LogP contribution in [0.15, 0.2) is 23.6 Å². The summed E-state index contributed by atoms with van der Waals surface area (Å²) in [5.74, 6) is 0.404. The lowest BCUT2D eigenvalue weighted by Gasteiger charge is -2.10. The van der Waals surface area contributed by atoms with Crippen LogP contribution in [0.2, 0.25) is 10.0 Å². The van der Waals surface area contributed by atoms with Crippen molar-refractivity contribution in [2.24, 2.45) is 0 Å². The first-order valence-electron chi connectivity index (χ1n) is 6.05. The molecule has 3 nitrogen and oxygen atoms in total. The fourth-order valence-corrected chi connectivity index (χ4v) is 2.93. The molecule has 1 heterocycles. The predicted molar refractivity (Wildman–Crippen MR) is 82.8 cm³/mol. The number of thiophene rings is 1. The van der Waals surface area contributed by atoms with Crippen molar-refractivity contribution in [2.45, 2.75) is 13.3 Å². The third kappa shape index (κ3) is 4.20. The van der Waals surface area contributed by atoms with Gasteiger partial charge in [0.15, 0.2) is 10.8 Å². The number of ether oxygens (including phenoxy) is 2. The number of rotatable bonds is 6. The summed E-state index contributed by atoms with van der Waals surface area (Å²) in [6.07, 6.45) is 0.713. The lowest BCUT2D eigenvalue weighted by molar-refractivity contribution is 0.251. The van der Waals surface area contributed by atoms with Gasteiger partial charge in [-0.05, 0) is 23.9 Å². The van der Waals surface area contributed by atoms with Crippen LogP contribution in [0.5, 0.6) is 16.6 Å². The molecule has 0 radical (unpaired) electrons. The lowest BCUT2D eigenvalue weighted by Crippen LogP contribution is -2.05. The van der Waals surface area contributed by atoms with Crippen molar-refractivity contribution in [1.82, 2.24) is 0 Å². The van der Waals surface area contributed by atoms with E-state index in [9.17, 15) is 5.11 Å². The van der Waals surface area contributed by atoms with Gasteiger partial charge in [0, 0.05) is 18.6 Å². The summed E-state index contributed by atoms with van der Waals surface area (Å²) in [5, 5.41) is 12.9. The van der Waals surface area contributed by atoms with Crippen molar-refractivity contribution in [3.8, 4) is 16.6 Å². The number of hydrogen-bond donors (Lipinski definition) is 1. The molecule has 1 aromatic carbocycles. The van der Waals surface area contributed by atoms with Crippen molar-refractivity contribution in [3.63, 3.8) is 0 Å².